The standard InChI is InChI=1S/C14H18ClNO4S/c1-9-7-11(21(15,18)19)8-10(2)13(9)16-14(17)12-5-3-4-6-20-12/h7-8,12H,3-6H2,1-2H3,(H,16,17). The summed E-state index contributed by atoms with van der Waals surface area (Å²) in [6.45, 7) is 4.06. The van der Waals surface area contributed by atoms with Gasteiger partial charge in [-0.3, -0.25) is 4.79 Å². The average molecular weight is 332 g/mol. The largest absolute Gasteiger partial charge is 0.368 e. The van der Waals surface area contributed by atoms with Crippen molar-refractivity contribution >= 4 is 31.3 Å². The number of hydrogen-bond acceptors (Lipinski definition) is 4. The van der Waals surface area contributed by atoms with E-state index in [1.54, 1.807) is 13.8 Å². The molecule has 5 nitrogen and oxygen atoms in total. The van der Waals surface area contributed by atoms with Crippen LogP contribution in [0.2, 0.25) is 0 Å². The van der Waals surface area contributed by atoms with Gasteiger partial charge >= 0.3 is 0 Å². The number of anilines is 1. The maximum absolute atomic E-state index is 12.2. The van der Waals surface area contributed by atoms with Gasteiger partial charge in [0.05, 0.1) is 4.90 Å². The first-order valence-corrected chi connectivity index (χ1v) is 9.08. The Morgan fingerprint density at radius 1 is 1.29 bits per heavy atom. The van der Waals surface area contributed by atoms with Gasteiger partial charge in [-0.2, -0.15) is 0 Å². The van der Waals surface area contributed by atoms with E-state index in [1.165, 1.54) is 12.1 Å². The zero-order valence-electron chi connectivity index (χ0n) is 12.0. The van der Waals surface area contributed by atoms with E-state index in [9.17, 15) is 13.2 Å². The summed E-state index contributed by atoms with van der Waals surface area (Å²) in [5, 5.41) is 2.83. The molecule has 1 aromatic carbocycles. The number of aryl methyl sites for hydroxylation is 2. The van der Waals surface area contributed by atoms with Crippen LogP contribution in [-0.2, 0) is 18.6 Å². The summed E-state index contributed by atoms with van der Waals surface area (Å²) in [5.41, 5.74) is 1.91. The third-order valence-electron chi connectivity index (χ3n) is 3.51. The molecule has 1 saturated heterocycles. The number of amides is 1. The van der Waals surface area contributed by atoms with Crippen molar-refractivity contribution in [3.63, 3.8) is 0 Å². The van der Waals surface area contributed by atoms with Crippen molar-refractivity contribution in [2.75, 3.05) is 11.9 Å². The molecule has 1 atom stereocenters. The van der Waals surface area contributed by atoms with Crippen molar-refractivity contribution < 1.29 is 17.9 Å². The van der Waals surface area contributed by atoms with Crippen LogP contribution in [0.5, 0.6) is 0 Å². The number of carbonyl (C=O) groups is 1. The summed E-state index contributed by atoms with van der Waals surface area (Å²) in [4.78, 5) is 12.2. The predicted octanol–water partition coefficient (Wildman–Crippen LogP) is 2.74. The molecule has 21 heavy (non-hydrogen) atoms. The lowest BCUT2D eigenvalue weighted by molar-refractivity contribution is -0.129. The third-order valence-corrected chi connectivity index (χ3v) is 4.84. The number of ether oxygens (including phenoxy) is 1. The second-order valence-corrected chi connectivity index (χ2v) is 7.78. The molecule has 1 unspecified atom stereocenters. The number of hydrogen-bond donors (Lipinski definition) is 1. The van der Waals surface area contributed by atoms with Gasteiger partial charge in [0, 0.05) is 23.0 Å². The van der Waals surface area contributed by atoms with Crippen molar-refractivity contribution in [3.05, 3.63) is 23.3 Å². The van der Waals surface area contributed by atoms with Gasteiger partial charge < -0.3 is 10.1 Å². The Morgan fingerprint density at radius 2 is 1.90 bits per heavy atom. The van der Waals surface area contributed by atoms with Crippen LogP contribution in [0.3, 0.4) is 0 Å². The van der Waals surface area contributed by atoms with E-state index >= 15 is 0 Å². The Labute approximate surface area is 129 Å². The smallest absolute Gasteiger partial charge is 0.261 e. The first-order valence-electron chi connectivity index (χ1n) is 6.77. The molecule has 1 N–H and O–H groups in total. The van der Waals surface area contributed by atoms with Crippen molar-refractivity contribution in [2.24, 2.45) is 0 Å². The number of halogens is 1. The molecule has 1 aliphatic rings. The molecule has 1 amide bonds. The highest BCUT2D eigenvalue weighted by molar-refractivity contribution is 8.13. The molecule has 0 saturated carbocycles. The second-order valence-electron chi connectivity index (χ2n) is 5.21. The molecule has 2 rings (SSSR count). The zero-order chi connectivity index (χ0) is 15.6. The molecule has 116 valence electrons. The summed E-state index contributed by atoms with van der Waals surface area (Å²) in [5.74, 6) is -0.192. The van der Waals surface area contributed by atoms with E-state index in [4.69, 9.17) is 15.4 Å². The fraction of sp³-hybridized carbons (Fsp3) is 0.500. The molecule has 7 heteroatoms. The fourth-order valence-corrected chi connectivity index (χ4v) is 3.32. The van der Waals surface area contributed by atoms with Crippen molar-refractivity contribution in [3.8, 4) is 0 Å². The van der Waals surface area contributed by atoms with E-state index < -0.39 is 15.2 Å². The van der Waals surface area contributed by atoms with Crippen LogP contribution in [0, 0.1) is 13.8 Å². The summed E-state index contributed by atoms with van der Waals surface area (Å²) in [6, 6.07) is 2.90. The minimum atomic E-state index is -3.78. The monoisotopic (exact) mass is 331 g/mol. The highest BCUT2D eigenvalue weighted by Gasteiger charge is 2.23. The third kappa shape index (κ3) is 3.96. The Bertz CT molecular complexity index is 628. The van der Waals surface area contributed by atoms with Crippen molar-refractivity contribution in [2.45, 2.75) is 44.1 Å². The number of carbonyl (C=O) groups excluding carboxylic acids is 1. The number of rotatable bonds is 3. The molecule has 1 heterocycles. The summed E-state index contributed by atoms with van der Waals surface area (Å²) in [6.07, 6.45) is 2.22. The average Bonchev–Trinajstić information content (AvgIpc) is 2.42. The van der Waals surface area contributed by atoms with Crippen molar-refractivity contribution in [1.29, 1.82) is 0 Å². The molecule has 1 aromatic rings. The molecule has 0 bridgehead atoms. The molecule has 1 aliphatic heterocycles. The normalized spacial score (nSPS) is 19.3. The molecule has 1 fully saturated rings. The van der Waals surface area contributed by atoms with Gasteiger partial charge in [0.15, 0.2) is 0 Å². The lowest BCUT2D eigenvalue weighted by Gasteiger charge is -2.22. The SMILES string of the molecule is Cc1cc(S(=O)(=O)Cl)cc(C)c1NC(=O)C1CCCCO1. The van der Waals surface area contributed by atoms with Crippen LogP contribution in [0.1, 0.15) is 30.4 Å². The predicted molar refractivity (Wildman–Crippen MR) is 81.2 cm³/mol. The van der Waals surface area contributed by atoms with Gasteiger partial charge in [-0.25, -0.2) is 8.42 Å². The van der Waals surface area contributed by atoms with Crippen LogP contribution >= 0.6 is 10.7 Å². The Balaban J connectivity index is 2.22. The second kappa shape index (κ2) is 6.34. The van der Waals surface area contributed by atoms with Crippen LogP contribution in [0.4, 0.5) is 5.69 Å². The van der Waals surface area contributed by atoms with Gasteiger partial charge in [0.25, 0.3) is 15.0 Å². The lowest BCUT2D eigenvalue weighted by atomic mass is 10.1. The van der Waals surface area contributed by atoms with Gasteiger partial charge in [-0.15, -0.1) is 0 Å². The maximum Gasteiger partial charge on any atom is 0.261 e. The Morgan fingerprint density at radius 3 is 2.38 bits per heavy atom. The topological polar surface area (TPSA) is 72.5 Å². The van der Waals surface area contributed by atoms with E-state index in [1.807, 2.05) is 0 Å². The minimum absolute atomic E-state index is 0.0334. The molecular weight excluding hydrogens is 314 g/mol. The van der Waals surface area contributed by atoms with Crippen LogP contribution < -0.4 is 5.32 Å². The number of benzene rings is 1. The van der Waals surface area contributed by atoms with Crippen LogP contribution in [0.15, 0.2) is 17.0 Å². The van der Waals surface area contributed by atoms with Crippen LogP contribution in [-0.4, -0.2) is 27.0 Å². The highest BCUT2D eigenvalue weighted by Crippen LogP contribution is 2.27. The van der Waals surface area contributed by atoms with Gasteiger partial charge in [0.1, 0.15) is 6.10 Å². The molecule has 0 aromatic heterocycles. The lowest BCUT2D eigenvalue weighted by Crippen LogP contribution is -2.33. The molecule has 0 radical (unpaired) electrons. The van der Waals surface area contributed by atoms with E-state index in [0.29, 0.717) is 29.8 Å². The first-order chi connectivity index (χ1) is 9.79. The molecule has 0 aliphatic carbocycles. The Kier molecular flexibility index (Phi) is 4.91. The summed E-state index contributed by atoms with van der Waals surface area (Å²) in [7, 11) is 1.57. The first kappa shape index (κ1) is 16.3. The van der Waals surface area contributed by atoms with Gasteiger partial charge in [-0.05, 0) is 56.4 Å². The van der Waals surface area contributed by atoms with E-state index in [2.05, 4.69) is 5.32 Å². The Hall–Kier alpha value is -1.11. The minimum Gasteiger partial charge on any atom is -0.368 e. The fourth-order valence-electron chi connectivity index (χ4n) is 2.41. The van der Waals surface area contributed by atoms with Gasteiger partial charge in [-0.1, -0.05) is 0 Å². The maximum atomic E-state index is 12.2. The quantitative estimate of drug-likeness (QED) is 0.864. The van der Waals surface area contributed by atoms with Crippen LogP contribution in [0.25, 0.3) is 0 Å². The molecular formula is C14H18ClNO4S. The zero-order valence-corrected chi connectivity index (χ0v) is 13.6. The molecule has 0 spiro atoms. The van der Waals surface area contributed by atoms with Crippen molar-refractivity contribution in [1.82, 2.24) is 0 Å². The van der Waals surface area contributed by atoms with E-state index in [0.717, 1.165) is 12.8 Å². The summed E-state index contributed by atoms with van der Waals surface area (Å²) < 4.78 is 28.2. The summed E-state index contributed by atoms with van der Waals surface area (Å²) >= 11 is 0. The number of nitrogens with one attached hydrogen (secondary N) is 1. The highest BCUT2D eigenvalue weighted by atomic mass is 35.7. The van der Waals surface area contributed by atoms with E-state index in [-0.39, 0.29) is 10.8 Å². The van der Waals surface area contributed by atoms with Gasteiger partial charge in [0.2, 0.25) is 0 Å².